The molecule has 0 heterocycles. The molecule has 0 aliphatic rings. The van der Waals surface area contributed by atoms with E-state index in [1.54, 1.807) is 20.8 Å². The Morgan fingerprint density at radius 2 is 0.983 bits per heavy atom. The van der Waals surface area contributed by atoms with E-state index in [2.05, 4.69) is 142 Å². The predicted molar refractivity (Wildman–Crippen MR) is 247 cm³/mol. The Kier molecular flexibility index (Phi) is 19.8. The molecule has 0 aliphatic heterocycles. The monoisotopic (exact) mass is 917 g/mol. The Labute approximate surface area is 363 Å². The van der Waals surface area contributed by atoms with E-state index in [-0.39, 0.29) is 28.9 Å². The van der Waals surface area contributed by atoms with Gasteiger partial charge in [0.25, 0.3) is 22.7 Å². The fourth-order valence-electron chi connectivity index (χ4n) is 6.73. The van der Waals surface area contributed by atoms with Crippen molar-refractivity contribution in [2.75, 3.05) is 25.5 Å². The Bertz CT molecular complexity index is 2100. The summed E-state index contributed by atoms with van der Waals surface area (Å²) in [6, 6.07) is 41.6. The van der Waals surface area contributed by atoms with Crippen LogP contribution in [-0.4, -0.2) is 76.8 Å². The third-order valence-electron chi connectivity index (χ3n) is 8.93. The fourth-order valence-corrected chi connectivity index (χ4v) is 17.0. The van der Waals surface area contributed by atoms with Gasteiger partial charge < -0.3 is 19.3 Å². The Balaban J connectivity index is 0.000000377. The summed E-state index contributed by atoms with van der Waals surface area (Å²) in [5.74, 6) is -0.232. The number of carbonyl (C=O) groups excluding carboxylic acids is 2. The van der Waals surface area contributed by atoms with Crippen molar-refractivity contribution in [1.29, 1.82) is 0 Å². The first-order chi connectivity index (χ1) is 27.9. The third-order valence-corrected chi connectivity index (χ3v) is 20.8. The van der Waals surface area contributed by atoms with E-state index in [0.717, 1.165) is 16.5 Å². The maximum absolute atomic E-state index is 12.3. The van der Waals surface area contributed by atoms with Gasteiger partial charge in [0.1, 0.15) is 5.60 Å². The topological polar surface area (TPSA) is 181 Å². The smallest absolute Gasteiger partial charge is 0.421 e. The predicted octanol–water partition coefficient (Wildman–Crippen LogP) is 6.14. The largest absolute Gasteiger partial charge is 0.443 e. The van der Waals surface area contributed by atoms with Gasteiger partial charge in [-0.05, 0) is 58.0 Å². The Morgan fingerprint density at radius 1 is 0.650 bits per heavy atom. The number of hydrogen-bond donors (Lipinski definition) is 2. The number of hydrogen-bond acceptors (Lipinski definition) is 10. The maximum Gasteiger partial charge on any atom is 0.421 e. The highest BCUT2D eigenvalue weighted by Gasteiger charge is 2.51. The average molecular weight is 919 g/mol. The minimum Gasteiger partial charge on any atom is -0.443 e. The van der Waals surface area contributed by atoms with Crippen molar-refractivity contribution < 1.29 is 40.0 Å². The first kappa shape index (κ1) is 52.2. The molecule has 4 aromatic carbocycles. The molecule has 0 saturated carbocycles. The fraction of sp³-hybridized carbons (Fsp3) is 0.395. The minimum atomic E-state index is -4.00. The van der Waals surface area contributed by atoms with E-state index in [1.807, 2.05) is 41.1 Å². The lowest BCUT2D eigenvalue weighted by atomic mass is 10.2. The molecule has 0 aliphatic carbocycles. The first-order valence-corrected chi connectivity index (χ1v) is 27.1. The van der Waals surface area contributed by atoms with Crippen LogP contribution in [-0.2, 0) is 37.6 Å². The molecule has 4 aromatic rings. The highest BCUT2D eigenvalue weighted by molar-refractivity contribution is 8.12. The number of isocyanates is 1. The van der Waals surface area contributed by atoms with Crippen LogP contribution in [0.2, 0.25) is 10.1 Å². The van der Waals surface area contributed by atoms with Crippen LogP contribution in [0.1, 0.15) is 68.7 Å². The van der Waals surface area contributed by atoms with Crippen molar-refractivity contribution in [2.24, 2.45) is 10.1 Å². The molecule has 0 saturated heterocycles. The van der Waals surface area contributed by atoms with Gasteiger partial charge in [-0.25, -0.2) is 22.7 Å². The summed E-state index contributed by atoms with van der Waals surface area (Å²) in [6.07, 6.45) is 0.0481. The summed E-state index contributed by atoms with van der Waals surface area (Å²) < 4.78 is 66.2. The quantitative estimate of drug-likeness (QED) is 0.0491. The van der Waals surface area contributed by atoms with Gasteiger partial charge >= 0.3 is 15.3 Å². The molecule has 0 unspecified atom stereocenters. The number of benzene rings is 4. The first-order valence-electron chi connectivity index (χ1n) is 19.3. The average Bonchev–Trinajstić information content (AvgIpc) is 3.15. The highest BCUT2D eigenvalue weighted by Crippen LogP contribution is 2.37. The van der Waals surface area contributed by atoms with Crippen LogP contribution in [0.25, 0.3) is 0 Å². The number of nitrogens with one attached hydrogen (secondary N) is 1. The van der Waals surface area contributed by atoms with Crippen molar-refractivity contribution in [2.45, 2.75) is 84.4 Å². The number of ether oxygens (including phenoxy) is 1. The van der Waals surface area contributed by atoms with Crippen molar-refractivity contribution in [3.05, 3.63) is 121 Å². The second-order valence-electron chi connectivity index (χ2n) is 16.7. The number of nitrogens with zero attached hydrogens (tertiary/aromatic N) is 1. The second-order valence-corrected chi connectivity index (χ2v) is 29.3. The van der Waals surface area contributed by atoms with Gasteiger partial charge in [-0.2, -0.15) is 8.42 Å². The maximum atomic E-state index is 12.3. The molecule has 0 radical (unpaired) electrons. The number of halogens is 1. The molecule has 0 atom stereocenters. The van der Waals surface area contributed by atoms with Gasteiger partial charge in [-0.1, -0.05) is 167 Å². The van der Waals surface area contributed by atoms with Crippen LogP contribution in [0.3, 0.4) is 0 Å². The molecule has 0 aromatic heterocycles. The number of rotatable bonds is 14. The molecule has 1 amide bonds. The van der Waals surface area contributed by atoms with E-state index in [0.29, 0.717) is 13.2 Å². The lowest BCUT2D eigenvalue weighted by Gasteiger charge is -2.43. The van der Waals surface area contributed by atoms with Gasteiger partial charge in [-0.3, -0.25) is 0 Å². The standard InChI is InChI=1S/C24H35NO5SSi.C18H25NOSi.CClNO3S/c1-23(2,3)30-22(26)25-31(27,28)19-13-18-29-32(24(4,5)6,20-14-9-7-10-15-20)21-16-11-8-12-17-21;1-18(2,3)21(20-15-14-19,16-10-6-4-7-11-16)17-12-8-5-9-13-17;2-7(5,6)3-1-4/h7-12,14-17H,13,18-19H2,1-6H3,(H,25,26);4-13H,14-15,19H2,1-3H3;. The minimum absolute atomic E-state index is 0.0326. The zero-order chi connectivity index (χ0) is 45.3. The van der Waals surface area contributed by atoms with Crippen LogP contribution in [0.15, 0.2) is 126 Å². The van der Waals surface area contributed by atoms with E-state index < -0.39 is 47.6 Å². The van der Waals surface area contributed by atoms with Crippen LogP contribution in [0.4, 0.5) is 4.79 Å². The van der Waals surface area contributed by atoms with E-state index in [9.17, 15) is 21.6 Å². The van der Waals surface area contributed by atoms with E-state index in [1.165, 1.54) is 10.4 Å². The molecule has 17 heteroatoms. The SMILES string of the molecule is CC(C)(C)OC(=O)NS(=O)(=O)CCCO[Si](c1ccccc1)(c1ccccc1)C(C)(C)C.CC(C)(C)[Si](OCCN)(c1ccccc1)c1ccccc1.O=C=NS(=O)(=O)Cl. The summed E-state index contributed by atoms with van der Waals surface area (Å²) >= 11 is 0. The number of nitrogens with two attached hydrogens (primary N) is 1. The van der Waals surface area contributed by atoms with Gasteiger partial charge in [-0.15, -0.1) is 0 Å². The van der Waals surface area contributed by atoms with Crippen LogP contribution in [0.5, 0.6) is 0 Å². The van der Waals surface area contributed by atoms with Crippen LogP contribution >= 0.6 is 10.7 Å². The van der Waals surface area contributed by atoms with Crippen molar-refractivity contribution in [1.82, 2.24) is 4.72 Å². The van der Waals surface area contributed by atoms with E-state index >= 15 is 0 Å². The zero-order valence-electron chi connectivity index (χ0n) is 36.0. The number of sulfonamides is 1. The van der Waals surface area contributed by atoms with Crippen LogP contribution in [0, 0.1) is 0 Å². The molecule has 0 bridgehead atoms. The molecule has 328 valence electrons. The summed E-state index contributed by atoms with van der Waals surface area (Å²) in [6.45, 7) is 19.7. The van der Waals surface area contributed by atoms with Gasteiger partial charge in [0.2, 0.25) is 10.0 Å². The Morgan fingerprint density at radius 3 is 1.23 bits per heavy atom. The normalized spacial score (nSPS) is 12.4. The summed E-state index contributed by atoms with van der Waals surface area (Å²) in [5, 5.41) is 4.71. The van der Waals surface area contributed by atoms with E-state index in [4.69, 9.17) is 24.1 Å². The molecule has 3 N–H and O–H groups in total. The zero-order valence-corrected chi connectivity index (χ0v) is 40.4. The third kappa shape index (κ3) is 15.8. The van der Waals surface area contributed by atoms with Gasteiger partial charge in [0, 0.05) is 30.4 Å². The molecule has 4 rings (SSSR count). The van der Waals surface area contributed by atoms with Crippen molar-refractivity contribution >= 4 is 79.5 Å². The van der Waals surface area contributed by atoms with Gasteiger partial charge in [0.05, 0.1) is 5.75 Å². The molecular weight excluding hydrogens is 858 g/mol. The van der Waals surface area contributed by atoms with Crippen molar-refractivity contribution in [3.63, 3.8) is 0 Å². The second kappa shape index (κ2) is 22.8. The van der Waals surface area contributed by atoms with Gasteiger partial charge in [0.15, 0.2) is 0 Å². The van der Waals surface area contributed by atoms with Crippen molar-refractivity contribution in [3.8, 4) is 0 Å². The lowest BCUT2D eigenvalue weighted by molar-refractivity contribution is 0.0570. The molecule has 0 fully saturated rings. The molecule has 12 nitrogen and oxygen atoms in total. The Hall–Kier alpha value is -3.97. The number of amides is 1. The lowest BCUT2D eigenvalue weighted by Crippen LogP contribution is -2.66. The number of carbonyl (C=O) groups is 1. The molecular formula is C43H60ClN3O9S2Si2. The highest BCUT2D eigenvalue weighted by atomic mass is 35.7. The summed E-state index contributed by atoms with van der Waals surface area (Å²) in [4.78, 5) is 20.9. The summed E-state index contributed by atoms with van der Waals surface area (Å²) in [7, 11) is -8.52. The van der Waals surface area contributed by atoms with Crippen LogP contribution < -0.4 is 31.2 Å². The molecule has 60 heavy (non-hydrogen) atoms. The molecule has 0 spiro atoms. The summed E-state index contributed by atoms with van der Waals surface area (Å²) in [5.41, 5.74) is 4.96.